The number of nitrogens with two attached hydrogens (primary N) is 2. The van der Waals surface area contributed by atoms with E-state index in [-0.39, 0.29) is 11.9 Å². The first-order valence-corrected chi connectivity index (χ1v) is 9.03. The molecule has 0 aromatic heterocycles. The highest BCUT2D eigenvalue weighted by molar-refractivity contribution is 5.90. The van der Waals surface area contributed by atoms with Crippen molar-refractivity contribution in [1.82, 2.24) is 0 Å². The molecule has 5 N–H and O–H groups in total. The van der Waals surface area contributed by atoms with Crippen molar-refractivity contribution in [3.8, 4) is 12.1 Å². The average molecular weight is 365 g/mol. The van der Waals surface area contributed by atoms with Crippen LogP contribution >= 0.6 is 0 Å². The Hall–Kier alpha value is -2.71. The number of allylic oxidation sites excluding steroid dienone is 1. The van der Waals surface area contributed by atoms with Crippen LogP contribution in [0, 0.1) is 33.5 Å². The summed E-state index contributed by atoms with van der Waals surface area (Å²) in [5.41, 5.74) is 6.66. The fraction of sp³-hybridized carbons (Fsp3) is 0.450. The molecule has 0 saturated carbocycles. The Bertz CT molecular complexity index is 922. The van der Waals surface area contributed by atoms with Gasteiger partial charge in [0.05, 0.1) is 12.1 Å². The third-order valence-electron chi connectivity index (χ3n) is 6.43. The summed E-state index contributed by atoms with van der Waals surface area (Å²) in [6.07, 6.45) is 2.51. The van der Waals surface area contributed by atoms with E-state index in [4.69, 9.17) is 15.2 Å². The second-order valence-electron chi connectivity index (χ2n) is 7.26. The van der Waals surface area contributed by atoms with Crippen LogP contribution in [0.15, 0.2) is 41.6 Å². The molecule has 0 radical (unpaired) electrons. The van der Waals surface area contributed by atoms with E-state index in [2.05, 4.69) is 22.4 Å². The lowest BCUT2D eigenvalue weighted by atomic mass is 9.53. The fourth-order valence-electron chi connectivity index (χ4n) is 5.32. The van der Waals surface area contributed by atoms with Gasteiger partial charge in [0, 0.05) is 31.8 Å². The third kappa shape index (κ3) is 1.81. The standard InChI is InChI=1S/C20H21N5O2/c1-26-20(27-2)19(12-22)14-9-6-10-15(14)24-16(13-7-4-3-5-8-13)18(19,11-21)17(23)25-20/h3-5,7-8,16,24H,6,9-10H2,1-2H3,(H2,23,25)/p+2/t16-,18+,19-/m0/s1. The molecule has 0 saturated heterocycles. The normalized spacial score (nSPS) is 33.6. The number of fused-ring (bicyclic) bond motifs is 2. The molecule has 0 spiro atoms. The average Bonchev–Trinajstić information content (AvgIpc) is 3.27. The van der Waals surface area contributed by atoms with Gasteiger partial charge in [0.25, 0.3) is 5.84 Å². The van der Waals surface area contributed by atoms with E-state index in [0.29, 0.717) is 6.42 Å². The van der Waals surface area contributed by atoms with E-state index < -0.39 is 16.7 Å². The second kappa shape index (κ2) is 5.90. The Morgan fingerprint density at radius 1 is 1.15 bits per heavy atom. The maximum absolute atomic E-state index is 10.6. The molecule has 27 heavy (non-hydrogen) atoms. The molecule has 0 fully saturated rings. The van der Waals surface area contributed by atoms with E-state index in [1.807, 2.05) is 30.3 Å². The van der Waals surface area contributed by atoms with Crippen LogP contribution in [0.4, 0.5) is 0 Å². The van der Waals surface area contributed by atoms with Gasteiger partial charge in [-0.25, -0.2) is 4.99 Å². The molecule has 1 aromatic rings. The number of methoxy groups -OCH3 is 2. The molecule has 0 amide bonds. The van der Waals surface area contributed by atoms with E-state index in [1.54, 1.807) is 0 Å². The van der Waals surface area contributed by atoms with Crippen molar-refractivity contribution in [3.63, 3.8) is 0 Å². The Balaban J connectivity index is 2.10. The minimum Gasteiger partial charge on any atom is -0.316 e. The maximum atomic E-state index is 10.6. The Morgan fingerprint density at radius 2 is 1.85 bits per heavy atom. The number of rotatable bonds is 3. The number of nitriles is 2. The van der Waals surface area contributed by atoms with Crippen LogP contribution in [0.5, 0.6) is 0 Å². The summed E-state index contributed by atoms with van der Waals surface area (Å²) in [5.74, 6) is -1.31. The second-order valence-corrected chi connectivity index (χ2v) is 7.26. The molecule has 2 heterocycles. The topological polar surface area (TPSA) is 123 Å². The summed E-state index contributed by atoms with van der Waals surface area (Å²) in [4.78, 5) is 3.06. The van der Waals surface area contributed by atoms with Gasteiger partial charge in [-0.1, -0.05) is 30.3 Å². The molecule has 7 nitrogen and oxygen atoms in total. The Labute approximate surface area is 158 Å². The molecule has 1 aromatic carbocycles. The van der Waals surface area contributed by atoms with Gasteiger partial charge in [0.2, 0.25) is 10.8 Å². The number of amidine groups is 1. The Morgan fingerprint density at radius 3 is 2.44 bits per heavy atom. The number of hydrogen-bond acceptors (Lipinski definition) is 5. The van der Waals surface area contributed by atoms with E-state index in [0.717, 1.165) is 29.7 Å². The van der Waals surface area contributed by atoms with Crippen molar-refractivity contribution in [3.05, 3.63) is 47.2 Å². The number of hydrogen-bond donors (Lipinski definition) is 3. The van der Waals surface area contributed by atoms with E-state index in [9.17, 15) is 10.5 Å². The zero-order chi connectivity index (χ0) is 19.3. The molecule has 3 aliphatic rings. The zero-order valence-corrected chi connectivity index (χ0v) is 15.5. The summed E-state index contributed by atoms with van der Waals surface area (Å²) >= 11 is 0. The minimum absolute atomic E-state index is 0.207. The SMILES string of the molecule is COC1(OC)[NH+]=C(N)[C@@]2(C#N)[C@H](c3ccccc3)[NH2+]C3=C(CCC3)[C@]12C#N. The highest BCUT2D eigenvalue weighted by Gasteiger charge is 2.84. The number of benzene rings is 1. The molecule has 138 valence electrons. The van der Waals surface area contributed by atoms with Crippen molar-refractivity contribution in [2.24, 2.45) is 16.6 Å². The van der Waals surface area contributed by atoms with Crippen LogP contribution in [0.1, 0.15) is 30.9 Å². The van der Waals surface area contributed by atoms with Gasteiger partial charge in [-0.3, -0.25) is 5.73 Å². The summed E-state index contributed by atoms with van der Waals surface area (Å²) in [6, 6.07) is 14.2. The van der Waals surface area contributed by atoms with Crippen LogP contribution < -0.4 is 16.0 Å². The lowest BCUT2D eigenvalue weighted by molar-refractivity contribution is -0.699. The lowest BCUT2D eigenvalue weighted by Crippen LogP contribution is -2.92. The van der Waals surface area contributed by atoms with E-state index >= 15 is 0 Å². The zero-order valence-electron chi connectivity index (χ0n) is 15.5. The number of nitrogens with zero attached hydrogens (tertiary/aromatic N) is 2. The third-order valence-corrected chi connectivity index (χ3v) is 6.43. The highest BCUT2D eigenvalue weighted by atomic mass is 16.7. The Kier molecular flexibility index (Phi) is 3.87. The number of quaternary nitrogens is 1. The van der Waals surface area contributed by atoms with Gasteiger partial charge in [-0.2, -0.15) is 10.5 Å². The number of ether oxygens (including phenoxy) is 2. The van der Waals surface area contributed by atoms with Crippen molar-refractivity contribution in [1.29, 1.82) is 10.5 Å². The molecule has 1 aliphatic carbocycles. The fourth-order valence-corrected chi connectivity index (χ4v) is 5.32. The van der Waals surface area contributed by atoms with Gasteiger partial charge < -0.3 is 14.8 Å². The molecular weight excluding hydrogens is 342 g/mol. The quantitative estimate of drug-likeness (QED) is 0.603. The predicted octanol–water partition coefficient (Wildman–Crippen LogP) is -0.839. The summed E-state index contributed by atoms with van der Waals surface area (Å²) in [6.45, 7) is 0. The molecule has 2 aliphatic heterocycles. The van der Waals surface area contributed by atoms with Crippen molar-refractivity contribution in [2.45, 2.75) is 31.2 Å². The van der Waals surface area contributed by atoms with Crippen molar-refractivity contribution >= 4 is 5.84 Å². The van der Waals surface area contributed by atoms with Crippen LogP contribution in [-0.2, 0) is 9.47 Å². The minimum atomic E-state index is -1.52. The largest absolute Gasteiger partial charge is 0.346 e. The highest BCUT2D eigenvalue weighted by Crippen LogP contribution is 2.61. The van der Waals surface area contributed by atoms with Crippen molar-refractivity contribution in [2.75, 3.05) is 14.2 Å². The summed E-state index contributed by atoms with van der Waals surface area (Å²) < 4.78 is 11.5. The molecule has 0 unspecified atom stereocenters. The van der Waals surface area contributed by atoms with Crippen LogP contribution in [0.25, 0.3) is 0 Å². The summed E-state index contributed by atoms with van der Waals surface area (Å²) in [5, 5.41) is 23.2. The maximum Gasteiger partial charge on any atom is 0.346 e. The van der Waals surface area contributed by atoms with Gasteiger partial charge in [0.1, 0.15) is 11.7 Å². The smallest absolute Gasteiger partial charge is 0.316 e. The lowest BCUT2D eigenvalue weighted by Gasteiger charge is -2.46. The molecule has 4 rings (SSSR count). The first-order valence-electron chi connectivity index (χ1n) is 9.03. The van der Waals surface area contributed by atoms with Gasteiger partial charge in [-0.15, -0.1) is 0 Å². The molecule has 0 bridgehead atoms. The van der Waals surface area contributed by atoms with Gasteiger partial charge >= 0.3 is 5.91 Å². The molecule has 3 atom stereocenters. The predicted molar refractivity (Wildman–Crippen MR) is 95.0 cm³/mol. The van der Waals surface area contributed by atoms with Crippen LogP contribution in [0.2, 0.25) is 0 Å². The molecular formula is C20H23N5O2+2. The monoisotopic (exact) mass is 365 g/mol. The first-order chi connectivity index (χ1) is 13.1. The van der Waals surface area contributed by atoms with Gasteiger partial charge in [0.15, 0.2) is 0 Å². The first kappa shape index (κ1) is 17.7. The van der Waals surface area contributed by atoms with E-state index in [1.165, 1.54) is 14.2 Å². The summed E-state index contributed by atoms with van der Waals surface area (Å²) in [7, 11) is 2.95. The van der Waals surface area contributed by atoms with Crippen molar-refractivity contribution < 1.29 is 19.8 Å². The van der Waals surface area contributed by atoms with Crippen LogP contribution in [0.3, 0.4) is 0 Å². The van der Waals surface area contributed by atoms with Gasteiger partial charge in [-0.05, 0) is 12.8 Å². The molecule has 7 heteroatoms. The van der Waals surface area contributed by atoms with Crippen LogP contribution in [-0.4, -0.2) is 26.0 Å². The number of nitrogens with one attached hydrogen (secondary N) is 1.